The lowest BCUT2D eigenvalue weighted by Crippen LogP contribution is -2.49. The second-order valence-corrected chi connectivity index (χ2v) is 10.2. The average Bonchev–Trinajstić information content (AvgIpc) is 3.47. The van der Waals surface area contributed by atoms with E-state index < -0.39 is 29.6 Å². The molecule has 8 nitrogen and oxygen atoms in total. The first kappa shape index (κ1) is 26.4. The van der Waals surface area contributed by atoms with E-state index in [2.05, 4.69) is 5.32 Å². The number of amides is 2. The molecule has 1 aromatic carbocycles. The number of nitrogens with zero attached hydrogens (tertiary/aromatic N) is 1. The summed E-state index contributed by atoms with van der Waals surface area (Å²) >= 11 is 1.40. The Kier molecular flexibility index (Phi) is 9.06. The molecule has 2 heterocycles. The molecule has 2 atom stereocenters. The van der Waals surface area contributed by atoms with E-state index in [0.29, 0.717) is 19.3 Å². The van der Waals surface area contributed by atoms with Crippen molar-refractivity contribution in [2.24, 2.45) is 0 Å². The number of likely N-dealkylation sites (tertiary alicyclic amines) is 1. The molecule has 1 aliphatic rings. The van der Waals surface area contributed by atoms with Crippen molar-refractivity contribution >= 4 is 35.4 Å². The van der Waals surface area contributed by atoms with Crippen LogP contribution in [0.2, 0.25) is 0 Å². The molecule has 0 bridgehead atoms. The highest BCUT2D eigenvalue weighted by molar-refractivity contribution is 7.10. The minimum absolute atomic E-state index is 0.0103. The van der Waals surface area contributed by atoms with Gasteiger partial charge in [-0.15, -0.1) is 11.3 Å². The first-order valence-corrected chi connectivity index (χ1v) is 12.4. The van der Waals surface area contributed by atoms with Gasteiger partial charge in [-0.3, -0.25) is 10.1 Å². The van der Waals surface area contributed by atoms with Gasteiger partial charge in [-0.1, -0.05) is 36.4 Å². The maximum Gasteiger partial charge on any atom is 0.412 e. The predicted molar refractivity (Wildman–Crippen MR) is 133 cm³/mol. The molecule has 1 aliphatic heterocycles. The first-order chi connectivity index (χ1) is 16.7. The lowest BCUT2D eigenvalue weighted by atomic mass is 10.1. The Labute approximate surface area is 209 Å². The number of aliphatic hydroxyl groups is 1. The number of carbonyl (C=O) groups is 3. The summed E-state index contributed by atoms with van der Waals surface area (Å²) in [6, 6.07) is 11.7. The molecule has 35 heavy (non-hydrogen) atoms. The monoisotopic (exact) mass is 500 g/mol. The van der Waals surface area contributed by atoms with Crippen molar-refractivity contribution < 1.29 is 29.0 Å². The number of thiophene rings is 1. The van der Waals surface area contributed by atoms with Crippen LogP contribution in [-0.4, -0.2) is 52.3 Å². The van der Waals surface area contributed by atoms with Gasteiger partial charge >= 0.3 is 12.1 Å². The molecular formula is C26H32N2O6S. The van der Waals surface area contributed by atoms with Crippen LogP contribution in [-0.2, 0) is 25.7 Å². The van der Waals surface area contributed by atoms with E-state index in [1.807, 2.05) is 47.8 Å². The summed E-state index contributed by atoms with van der Waals surface area (Å²) in [5.74, 6) is -1.03. The Morgan fingerprint density at radius 1 is 1.14 bits per heavy atom. The highest BCUT2D eigenvalue weighted by Crippen LogP contribution is 2.30. The number of ether oxygens (including phenoxy) is 2. The largest absolute Gasteiger partial charge is 0.458 e. The molecule has 1 saturated heterocycles. The van der Waals surface area contributed by atoms with E-state index in [0.717, 1.165) is 10.4 Å². The van der Waals surface area contributed by atoms with E-state index in [-0.39, 0.29) is 25.0 Å². The summed E-state index contributed by atoms with van der Waals surface area (Å²) < 4.78 is 10.9. The second kappa shape index (κ2) is 12.0. The highest BCUT2D eigenvalue weighted by atomic mass is 32.1. The van der Waals surface area contributed by atoms with Crippen molar-refractivity contribution in [1.82, 2.24) is 10.2 Å². The zero-order chi connectivity index (χ0) is 25.4. The van der Waals surface area contributed by atoms with Gasteiger partial charge in [0.05, 0.1) is 0 Å². The molecule has 9 heteroatoms. The molecule has 2 amide bonds. The Bertz CT molecular complexity index is 1030. The minimum Gasteiger partial charge on any atom is -0.458 e. The van der Waals surface area contributed by atoms with Crippen LogP contribution in [0.5, 0.6) is 0 Å². The Morgan fingerprint density at radius 2 is 1.89 bits per heavy atom. The van der Waals surface area contributed by atoms with Gasteiger partial charge in [0.25, 0.3) is 5.91 Å². The van der Waals surface area contributed by atoms with Crippen LogP contribution in [0.3, 0.4) is 0 Å². The van der Waals surface area contributed by atoms with Crippen molar-refractivity contribution in [1.29, 1.82) is 0 Å². The molecule has 3 rings (SSSR count). The molecule has 0 aliphatic carbocycles. The lowest BCUT2D eigenvalue weighted by molar-refractivity contribution is -0.163. The van der Waals surface area contributed by atoms with E-state index in [4.69, 9.17) is 9.47 Å². The van der Waals surface area contributed by atoms with Gasteiger partial charge < -0.3 is 19.5 Å². The topological polar surface area (TPSA) is 105 Å². The summed E-state index contributed by atoms with van der Waals surface area (Å²) in [5.41, 5.74) is 0.0879. The zero-order valence-corrected chi connectivity index (χ0v) is 21.0. The zero-order valence-electron chi connectivity index (χ0n) is 20.2. The lowest BCUT2D eigenvalue weighted by Gasteiger charge is -2.31. The van der Waals surface area contributed by atoms with E-state index >= 15 is 0 Å². The summed E-state index contributed by atoms with van der Waals surface area (Å²) in [4.78, 5) is 41.5. The number of aliphatic hydroxyl groups excluding tert-OH is 1. The van der Waals surface area contributed by atoms with Gasteiger partial charge in [-0.25, -0.2) is 9.59 Å². The smallest absolute Gasteiger partial charge is 0.412 e. The Morgan fingerprint density at radius 3 is 2.51 bits per heavy atom. The molecular weight excluding hydrogens is 468 g/mol. The quantitative estimate of drug-likeness (QED) is 0.418. The molecule has 188 valence electrons. The predicted octanol–water partition coefficient (Wildman–Crippen LogP) is 4.10. The molecule has 0 spiro atoms. The van der Waals surface area contributed by atoms with Crippen LogP contribution in [0.4, 0.5) is 4.79 Å². The SMILES string of the molecule is CC(C)(C)OC(=O)[C@@H]1CC[C@H](CCO)N1C(=O)C(=Cc1cccs1)NC(=O)OCc1ccccc1. The molecule has 1 fully saturated rings. The van der Waals surface area contributed by atoms with Crippen molar-refractivity contribution in [2.75, 3.05) is 6.61 Å². The summed E-state index contributed by atoms with van der Waals surface area (Å²) in [5, 5.41) is 14.0. The van der Waals surface area contributed by atoms with Crippen molar-refractivity contribution in [2.45, 2.75) is 64.3 Å². The van der Waals surface area contributed by atoms with Gasteiger partial charge in [0.1, 0.15) is 23.9 Å². The minimum atomic E-state index is -0.813. The maximum atomic E-state index is 13.7. The van der Waals surface area contributed by atoms with Crippen molar-refractivity contribution in [3.8, 4) is 0 Å². The maximum absolute atomic E-state index is 13.7. The first-order valence-electron chi connectivity index (χ1n) is 11.6. The van der Waals surface area contributed by atoms with Gasteiger partial charge in [-0.2, -0.15) is 0 Å². The second-order valence-electron chi connectivity index (χ2n) is 9.27. The van der Waals surface area contributed by atoms with Gasteiger partial charge in [0.15, 0.2) is 0 Å². The molecule has 2 aromatic rings. The van der Waals surface area contributed by atoms with Crippen LogP contribution in [0.15, 0.2) is 53.5 Å². The number of nitrogens with one attached hydrogen (secondary N) is 1. The number of rotatable bonds is 8. The standard InChI is InChI=1S/C26H32N2O6S/c1-26(2,3)34-24(31)22-12-11-19(13-14-29)28(22)23(30)21(16-20-10-7-15-35-20)27-25(32)33-17-18-8-5-4-6-9-18/h4-10,15-16,19,22,29H,11-14,17H2,1-3H3,(H,27,32)/t19-,22+/m1/s1. The number of esters is 1. The molecule has 0 radical (unpaired) electrons. The molecule has 1 aromatic heterocycles. The Hall–Kier alpha value is -3.17. The number of alkyl carbamates (subject to hydrolysis) is 1. The summed E-state index contributed by atoms with van der Waals surface area (Å²) in [7, 11) is 0. The normalized spacial score (nSPS) is 18.3. The van der Waals surface area contributed by atoms with Gasteiger partial charge in [-0.05, 0) is 63.1 Å². The number of hydrogen-bond acceptors (Lipinski definition) is 7. The fourth-order valence-electron chi connectivity index (χ4n) is 3.90. The van der Waals surface area contributed by atoms with Crippen LogP contribution in [0.1, 0.15) is 50.5 Å². The van der Waals surface area contributed by atoms with Crippen LogP contribution >= 0.6 is 11.3 Å². The number of benzene rings is 1. The van der Waals surface area contributed by atoms with Crippen LogP contribution < -0.4 is 5.32 Å². The average molecular weight is 501 g/mol. The molecule has 0 unspecified atom stereocenters. The molecule has 0 saturated carbocycles. The third-order valence-corrected chi connectivity index (χ3v) is 6.21. The summed E-state index contributed by atoms with van der Waals surface area (Å²) in [6.45, 7) is 5.22. The van der Waals surface area contributed by atoms with Crippen molar-refractivity contribution in [3.63, 3.8) is 0 Å². The van der Waals surface area contributed by atoms with E-state index in [1.165, 1.54) is 16.2 Å². The third-order valence-electron chi connectivity index (χ3n) is 5.39. The summed E-state index contributed by atoms with van der Waals surface area (Å²) in [6.07, 6.45) is 2.06. The van der Waals surface area contributed by atoms with Crippen molar-refractivity contribution in [3.05, 3.63) is 64.0 Å². The van der Waals surface area contributed by atoms with Crippen LogP contribution in [0, 0.1) is 0 Å². The van der Waals surface area contributed by atoms with E-state index in [9.17, 15) is 19.5 Å². The van der Waals surface area contributed by atoms with Gasteiger partial charge in [0.2, 0.25) is 0 Å². The number of carbonyl (C=O) groups excluding carboxylic acids is 3. The van der Waals surface area contributed by atoms with Crippen LogP contribution in [0.25, 0.3) is 6.08 Å². The number of hydrogen-bond donors (Lipinski definition) is 2. The Balaban J connectivity index is 1.83. The van der Waals surface area contributed by atoms with E-state index in [1.54, 1.807) is 26.8 Å². The molecule has 2 N–H and O–H groups in total. The fraction of sp³-hybridized carbons (Fsp3) is 0.423. The van der Waals surface area contributed by atoms with Gasteiger partial charge in [0, 0.05) is 17.5 Å². The highest BCUT2D eigenvalue weighted by Gasteiger charge is 2.43. The third kappa shape index (κ3) is 7.66. The fourth-order valence-corrected chi connectivity index (χ4v) is 4.56.